The van der Waals surface area contributed by atoms with Crippen molar-refractivity contribution < 1.29 is 4.39 Å². The maximum Gasteiger partial charge on any atom is 0.123 e. The number of nitriles is 1. The monoisotopic (exact) mass is 318 g/mol. The number of nitrogens with zero attached hydrogens (tertiary/aromatic N) is 3. The number of thiocarbonyl (C=S) groups is 1. The highest BCUT2D eigenvalue weighted by Gasteiger charge is 2.18. The minimum Gasteiger partial charge on any atom is -0.389 e. The first-order valence-electron chi connectivity index (χ1n) is 7.19. The molecule has 1 aromatic carbocycles. The molecule has 0 bridgehead atoms. The minimum absolute atomic E-state index is 0.139. The predicted octanol–water partition coefficient (Wildman–Crippen LogP) is 2.42. The summed E-state index contributed by atoms with van der Waals surface area (Å²) in [6.07, 6.45) is 0.949. The molecule has 0 amide bonds. The zero-order valence-corrected chi connectivity index (χ0v) is 13.4. The van der Waals surface area contributed by atoms with Crippen molar-refractivity contribution in [3.8, 4) is 6.07 Å². The normalized spacial score (nSPS) is 16.6. The molecule has 1 aromatic rings. The Kier molecular flexibility index (Phi) is 5.34. The lowest BCUT2D eigenvalue weighted by molar-refractivity contribution is 0.369. The van der Waals surface area contributed by atoms with Crippen LogP contribution in [0, 0.1) is 17.1 Å². The van der Waals surface area contributed by atoms with Gasteiger partial charge in [0.15, 0.2) is 0 Å². The van der Waals surface area contributed by atoms with E-state index in [4.69, 9.17) is 18.0 Å². The van der Waals surface area contributed by atoms with Crippen molar-refractivity contribution in [2.24, 2.45) is 5.73 Å². The summed E-state index contributed by atoms with van der Waals surface area (Å²) in [7, 11) is 0. The first-order valence-corrected chi connectivity index (χ1v) is 7.60. The fraction of sp³-hybridized carbons (Fsp3) is 0.375. The zero-order valence-electron chi connectivity index (χ0n) is 12.6. The van der Waals surface area contributed by atoms with Crippen LogP contribution in [0.1, 0.15) is 13.3 Å². The van der Waals surface area contributed by atoms with E-state index in [1.165, 1.54) is 12.1 Å². The van der Waals surface area contributed by atoms with Crippen molar-refractivity contribution in [1.29, 1.82) is 5.26 Å². The Hall–Kier alpha value is -2.13. The predicted molar refractivity (Wildman–Crippen MR) is 89.9 cm³/mol. The van der Waals surface area contributed by atoms with E-state index in [1.807, 2.05) is 6.92 Å². The van der Waals surface area contributed by atoms with Crippen molar-refractivity contribution in [1.82, 2.24) is 4.90 Å². The summed E-state index contributed by atoms with van der Waals surface area (Å²) in [5, 5.41) is 9.18. The number of hydrogen-bond donors (Lipinski definition) is 1. The van der Waals surface area contributed by atoms with Gasteiger partial charge in [-0.3, -0.25) is 0 Å². The molecule has 0 spiro atoms. The van der Waals surface area contributed by atoms with Crippen LogP contribution in [0.4, 0.5) is 10.1 Å². The number of nitrogens with two attached hydrogens (primary N) is 1. The molecule has 0 radical (unpaired) electrons. The molecule has 1 aliphatic heterocycles. The van der Waals surface area contributed by atoms with Gasteiger partial charge in [0.05, 0.1) is 0 Å². The van der Waals surface area contributed by atoms with Crippen LogP contribution in [0.3, 0.4) is 0 Å². The number of hydrogen-bond acceptors (Lipinski definition) is 4. The van der Waals surface area contributed by atoms with Gasteiger partial charge in [-0.2, -0.15) is 5.26 Å². The number of benzene rings is 1. The van der Waals surface area contributed by atoms with E-state index in [-0.39, 0.29) is 10.8 Å². The molecule has 6 heteroatoms. The molecule has 0 unspecified atom stereocenters. The molecular formula is C16H19FN4S. The third-order valence-electron chi connectivity index (χ3n) is 3.88. The van der Waals surface area contributed by atoms with Gasteiger partial charge in [0.25, 0.3) is 0 Å². The SMILES string of the molecule is C/C(=C(\C#N)C(N)=S)N1CCCN(c2ccc(F)cc2)CC1. The van der Waals surface area contributed by atoms with Crippen LogP contribution in [0.5, 0.6) is 0 Å². The van der Waals surface area contributed by atoms with Crippen LogP contribution in [0.25, 0.3) is 0 Å². The minimum atomic E-state index is -0.228. The van der Waals surface area contributed by atoms with E-state index in [1.54, 1.807) is 12.1 Å². The average Bonchev–Trinajstić information content (AvgIpc) is 2.74. The van der Waals surface area contributed by atoms with Crippen LogP contribution in [0.15, 0.2) is 35.5 Å². The molecule has 1 aliphatic rings. The van der Waals surface area contributed by atoms with Crippen LogP contribution in [-0.2, 0) is 0 Å². The molecule has 0 aromatic heterocycles. The van der Waals surface area contributed by atoms with E-state index in [0.29, 0.717) is 5.57 Å². The highest BCUT2D eigenvalue weighted by Crippen LogP contribution is 2.19. The number of allylic oxidation sites excluding steroid dienone is 1. The third kappa shape index (κ3) is 3.74. The lowest BCUT2D eigenvalue weighted by Crippen LogP contribution is -2.31. The molecule has 0 atom stereocenters. The maximum atomic E-state index is 13.0. The van der Waals surface area contributed by atoms with Crippen molar-refractivity contribution in [3.05, 3.63) is 41.4 Å². The highest BCUT2D eigenvalue weighted by molar-refractivity contribution is 7.80. The quantitative estimate of drug-likeness (QED) is 0.527. The lowest BCUT2D eigenvalue weighted by Gasteiger charge is -2.25. The molecule has 0 saturated carbocycles. The Morgan fingerprint density at radius 3 is 2.50 bits per heavy atom. The summed E-state index contributed by atoms with van der Waals surface area (Å²) < 4.78 is 13.0. The topological polar surface area (TPSA) is 56.3 Å². The van der Waals surface area contributed by atoms with Gasteiger partial charge in [0.1, 0.15) is 22.4 Å². The Morgan fingerprint density at radius 1 is 1.23 bits per heavy atom. The Bertz CT molecular complexity index is 618. The zero-order chi connectivity index (χ0) is 16.1. The molecule has 1 fully saturated rings. The fourth-order valence-electron chi connectivity index (χ4n) is 2.64. The van der Waals surface area contributed by atoms with E-state index < -0.39 is 0 Å². The number of rotatable bonds is 3. The second-order valence-electron chi connectivity index (χ2n) is 5.24. The van der Waals surface area contributed by atoms with Gasteiger partial charge in [-0.1, -0.05) is 12.2 Å². The molecule has 22 heavy (non-hydrogen) atoms. The Labute approximate surface area is 135 Å². The molecule has 116 valence electrons. The summed E-state index contributed by atoms with van der Waals surface area (Å²) in [5.41, 5.74) is 7.83. The van der Waals surface area contributed by atoms with Gasteiger partial charge >= 0.3 is 0 Å². The van der Waals surface area contributed by atoms with Crippen LogP contribution >= 0.6 is 12.2 Å². The molecule has 2 rings (SSSR count). The van der Waals surface area contributed by atoms with E-state index in [9.17, 15) is 9.65 Å². The van der Waals surface area contributed by atoms with Gasteiger partial charge in [-0.25, -0.2) is 4.39 Å². The number of anilines is 1. The van der Waals surface area contributed by atoms with Gasteiger partial charge < -0.3 is 15.5 Å². The molecule has 1 saturated heterocycles. The van der Waals surface area contributed by atoms with E-state index >= 15 is 0 Å². The van der Waals surface area contributed by atoms with Gasteiger partial charge in [0, 0.05) is 37.6 Å². The van der Waals surface area contributed by atoms with Crippen molar-refractivity contribution in [2.45, 2.75) is 13.3 Å². The van der Waals surface area contributed by atoms with Crippen LogP contribution in [0.2, 0.25) is 0 Å². The molecule has 1 heterocycles. The second kappa shape index (κ2) is 7.23. The highest BCUT2D eigenvalue weighted by atomic mass is 32.1. The van der Waals surface area contributed by atoms with E-state index in [2.05, 4.69) is 15.9 Å². The van der Waals surface area contributed by atoms with E-state index in [0.717, 1.165) is 44.0 Å². The average molecular weight is 318 g/mol. The van der Waals surface area contributed by atoms with Crippen molar-refractivity contribution in [2.75, 3.05) is 31.1 Å². The van der Waals surface area contributed by atoms with Gasteiger partial charge in [-0.15, -0.1) is 0 Å². The molecule has 0 aliphatic carbocycles. The Morgan fingerprint density at radius 2 is 1.91 bits per heavy atom. The third-order valence-corrected chi connectivity index (χ3v) is 4.09. The van der Waals surface area contributed by atoms with Crippen LogP contribution < -0.4 is 10.6 Å². The standard InChI is InChI=1S/C16H19FN4S/c1-12(15(11-18)16(19)22)20-7-2-8-21(10-9-20)14-5-3-13(17)4-6-14/h3-6H,2,7-10H2,1H3,(H2,19,22)/b15-12-. The van der Waals surface area contributed by atoms with Gasteiger partial charge in [-0.05, 0) is 37.6 Å². The molecule has 2 N–H and O–H groups in total. The Balaban J connectivity index is 2.11. The summed E-state index contributed by atoms with van der Waals surface area (Å²) in [6.45, 7) is 5.20. The van der Waals surface area contributed by atoms with Gasteiger partial charge in [0.2, 0.25) is 0 Å². The summed E-state index contributed by atoms with van der Waals surface area (Å²) in [6, 6.07) is 8.63. The van der Waals surface area contributed by atoms with Crippen molar-refractivity contribution in [3.63, 3.8) is 0 Å². The largest absolute Gasteiger partial charge is 0.389 e. The fourth-order valence-corrected chi connectivity index (χ4v) is 2.83. The van der Waals surface area contributed by atoms with Crippen molar-refractivity contribution >= 4 is 22.9 Å². The second-order valence-corrected chi connectivity index (χ2v) is 5.68. The summed E-state index contributed by atoms with van der Waals surface area (Å²) in [4.78, 5) is 4.50. The summed E-state index contributed by atoms with van der Waals surface area (Å²) in [5.74, 6) is -0.228. The lowest BCUT2D eigenvalue weighted by atomic mass is 10.2. The maximum absolute atomic E-state index is 13.0. The first-order chi connectivity index (χ1) is 10.5. The molecule has 4 nitrogen and oxygen atoms in total. The number of halogens is 1. The summed E-state index contributed by atoms with van der Waals surface area (Å²) >= 11 is 4.93. The smallest absolute Gasteiger partial charge is 0.123 e. The first kappa shape index (κ1) is 16.2. The van der Waals surface area contributed by atoms with Crippen LogP contribution in [-0.4, -0.2) is 36.1 Å². The molecular weight excluding hydrogens is 299 g/mol.